The van der Waals surface area contributed by atoms with Crippen LogP contribution in [0.2, 0.25) is 0 Å². The molecule has 1 atom stereocenters. The Morgan fingerprint density at radius 2 is 1.59 bits per heavy atom. The van der Waals surface area contributed by atoms with E-state index in [0.717, 1.165) is 37.6 Å². The minimum atomic E-state index is -0.227. The number of aromatic nitrogens is 1. The number of anilines is 1. The number of pyridine rings is 1. The molecule has 3 heterocycles. The van der Waals surface area contributed by atoms with Crippen molar-refractivity contribution in [3.05, 3.63) is 60.3 Å². The molecule has 2 saturated heterocycles. The lowest BCUT2D eigenvalue weighted by atomic mass is 10.0. The quantitative estimate of drug-likeness (QED) is 0.826. The van der Waals surface area contributed by atoms with Crippen LogP contribution in [-0.2, 0) is 9.53 Å². The summed E-state index contributed by atoms with van der Waals surface area (Å²) in [4.78, 5) is 24.4. The average molecular weight is 366 g/mol. The lowest BCUT2D eigenvalue weighted by molar-refractivity contribution is -0.141. The summed E-state index contributed by atoms with van der Waals surface area (Å²) in [5.74, 6) is 1.20. The Morgan fingerprint density at radius 3 is 2.26 bits per heavy atom. The summed E-state index contributed by atoms with van der Waals surface area (Å²) in [5.41, 5.74) is 1.07. The number of benzene rings is 1. The molecule has 27 heavy (non-hydrogen) atoms. The van der Waals surface area contributed by atoms with E-state index >= 15 is 0 Å². The molecule has 0 radical (unpaired) electrons. The van der Waals surface area contributed by atoms with Gasteiger partial charge in [-0.1, -0.05) is 36.4 Å². The normalized spacial score (nSPS) is 19.7. The second-order valence-corrected chi connectivity index (χ2v) is 6.96. The number of hydrogen-bond donors (Lipinski definition) is 0. The Morgan fingerprint density at radius 1 is 0.889 bits per heavy atom. The first-order valence-electron chi connectivity index (χ1n) is 9.64. The van der Waals surface area contributed by atoms with Gasteiger partial charge in [-0.05, 0) is 17.7 Å². The zero-order chi connectivity index (χ0) is 18.5. The zero-order valence-electron chi connectivity index (χ0n) is 15.5. The molecule has 0 unspecified atom stereocenters. The second-order valence-electron chi connectivity index (χ2n) is 6.96. The maximum atomic E-state index is 13.4. The summed E-state index contributed by atoms with van der Waals surface area (Å²) in [6.07, 6.45) is 1.83. The monoisotopic (exact) mass is 366 g/mol. The largest absolute Gasteiger partial charge is 0.378 e. The van der Waals surface area contributed by atoms with Crippen LogP contribution in [0.5, 0.6) is 0 Å². The van der Waals surface area contributed by atoms with Crippen LogP contribution in [-0.4, -0.2) is 73.2 Å². The lowest BCUT2D eigenvalue weighted by Gasteiger charge is -2.41. The Hall–Kier alpha value is -2.44. The minimum Gasteiger partial charge on any atom is -0.378 e. The molecule has 4 rings (SSSR count). The van der Waals surface area contributed by atoms with Gasteiger partial charge in [0.15, 0.2) is 0 Å². The first-order valence-corrected chi connectivity index (χ1v) is 9.64. The third-order valence-electron chi connectivity index (χ3n) is 5.32. The summed E-state index contributed by atoms with van der Waals surface area (Å²) in [7, 11) is 0. The molecule has 0 spiro atoms. The number of carbonyl (C=O) groups is 1. The van der Waals surface area contributed by atoms with Crippen molar-refractivity contribution in [1.29, 1.82) is 0 Å². The molecule has 1 amide bonds. The van der Waals surface area contributed by atoms with Crippen molar-refractivity contribution in [2.24, 2.45) is 0 Å². The van der Waals surface area contributed by atoms with Crippen molar-refractivity contribution in [3.8, 4) is 0 Å². The third kappa shape index (κ3) is 4.12. The van der Waals surface area contributed by atoms with Crippen LogP contribution in [0.15, 0.2) is 54.7 Å². The number of piperazine rings is 1. The molecule has 1 aromatic carbocycles. The van der Waals surface area contributed by atoms with Crippen LogP contribution in [0.1, 0.15) is 11.6 Å². The summed E-state index contributed by atoms with van der Waals surface area (Å²) in [6, 6.07) is 15.9. The molecule has 0 aliphatic carbocycles. The molecule has 2 aliphatic heterocycles. The Balaban J connectivity index is 1.50. The van der Waals surface area contributed by atoms with E-state index in [1.165, 1.54) is 0 Å². The summed E-state index contributed by atoms with van der Waals surface area (Å²) in [6.45, 7) is 6.03. The fourth-order valence-electron chi connectivity index (χ4n) is 3.85. The van der Waals surface area contributed by atoms with E-state index in [1.807, 2.05) is 47.5 Å². The van der Waals surface area contributed by atoms with E-state index < -0.39 is 0 Å². The predicted molar refractivity (Wildman–Crippen MR) is 105 cm³/mol. The topological polar surface area (TPSA) is 48.9 Å². The molecule has 2 aromatic rings. The van der Waals surface area contributed by atoms with Gasteiger partial charge in [0.2, 0.25) is 5.91 Å². The van der Waals surface area contributed by atoms with Gasteiger partial charge in [-0.3, -0.25) is 9.69 Å². The predicted octanol–water partition coefficient (Wildman–Crippen LogP) is 1.80. The van der Waals surface area contributed by atoms with Crippen molar-refractivity contribution in [1.82, 2.24) is 14.8 Å². The molecule has 0 bridgehead atoms. The number of ether oxygens (including phenoxy) is 1. The second kappa shape index (κ2) is 8.50. The number of morpholine rings is 1. The van der Waals surface area contributed by atoms with Gasteiger partial charge in [0.05, 0.1) is 13.2 Å². The van der Waals surface area contributed by atoms with Crippen LogP contribution in [0.3, 0.4) is 0 Å². The maximum Gasteiger partial charge on any atom is 0.244 e. The highest BCUT2D eigenvalue weighted by Gasteiger charge is 2.34. The van der Waals surface area contributed by atoms with E-state index in [9.17, 15) is 4.79 Å². The molecule has 0 N–H and O–H groups in total. The number of hydrogen-bond acceptors (Lipinski definition) is 5. The zero-order valence-corrected chi connectivity index (χ0v) is 15.5. The molecular formula is C21H26N4O2. The molecule has 1 aromatic heterocycles. The Labute approximate surface area is 160 Å². The van der Waals surface area contributed by atoms with Gasteiger partial charge in [0.1, 0.15) is 11.9 Å². The van der Waals surface area contributed by atoms with Crippen molar-refractivity contribution in [2.75, 3.05) is 57.4 Å². The van der Waals surface area contributed by atoms with Crippen LogP contribution < -0.4 is 4.90 Å². The minimum absolute atomic E-state index is 0.191. The molecule has 2 fully saturated rings. The molecule has 6 heteroatoms. The van der Waals surface area contributed by atoms with Crippen molar-refractivity contribution >= 4 is 11.7 Å². The van der Waals surface area contributed by atoms with Gasteiger partial charge >= 0.3 is 0 Å². The van der Waals surface area contributed by atoms with Crippen molar-refractivity contribution < 1.29 is 9.53 Å². The molecular weight excluding hydrogens is 340 g/mol. The molecule has 0 saturated carbocycles. The first-order chi connectivity index (χ1) is 13.3. The van der Waals surface area contributed by atoms with E-state index in [2.05, 4.69) is 26.9 Å². The molecule has 2 aliphatic rings. The van der Waals surface area contributed by atoms with Gasteiger partial charge < -0.3 is 14.5 Å². The lowest BCUT2D eigenvalue weighted by Crippen LogP contribution is -2.53. The number of amides is 1. The Bertz CT molecular complexity index is 726. The van der Waals surface area contributed by atoms with E-state index in [1.54, 1.807) is 0 Å². The Kier molecular flexibility index (Phi) is 5.65. The fraction of sp³-hybridized carbons (Fsp3) is 0.429. The first kappa shape index (κ1) is 17.9. The van der Waals surface area contributed by atoms with Gasteiger partial charge in [0.25, 0.3) is 0 Å². The third-order valence-corrected chi connectivity index (χ3v) is 5.32. The van der Waals surface area contributed by atoms with E-state index in [0.29, 0.717) is 26.3 Å². The fourth-order valence-corrected chi connectivity index (χ4v) is 3.85. The van der Waals surface area contributed by atoms with Gasteiger partial charge in [-0.2, -0.15) is 0 Å². The number of rotatable bonds is 4. The van der Waals surface area contributed by atoms with Gasteiger partial charge in [-0.15, -0.1) is 0 Å². The molecule has 142 valence electrons. The van der Waals surface area contributed by atoms with Crippen LogP contribution >= 0.6 is 0 Å². The highest BCUT2D eigenvalue weighted by Crippen LogP contribution is 2.26. The van der Waals surface area contributed by atoms with Gasteiger partial charge in [-0.25, -0.2) is 4.98 Å². The number of nitrogens with zero attached hydrogens (tertiary/aromatic N) is 4. The van der Waals surface area contributed by atoms with Crippen molar-refractivity contribution in [2.45, 2.75) is 6.04 Å². The van der Waals surface area contributed by atoms with E-state index in [4.69, 9.17) is 4.74 Å². The molecule has 6 nitrogen and oxygen atoms in total. The maximum absolute atomic E-state index is 13.4. The summed E-state index contributed by atoms with van der Waals surface area (Å²) < 4.78 is 5.42. The van der Waals surface area contributed by atoms with Crippen LogP contribution in [0.4, 0.5) is 5.82 Å². The standard InChI is InChI=1S/C21H26N4O2/c26-21(25-14-16-27-17-15-25)20(18-6-2-1-3-7-18)24-12-10-23(11-13-24)19-8-4-5-9-22-19/h1-9,20H,10-17H2/t20-/m1/s1. The summed E-state index contributed by atoms with van der Waals surface area (Å²) in [5, 5.41) is 0. The van der Waals surface area contributed by atoms with Crippen LogP contribution in [0, 0.1) is 0 Å². The number of carbonyl (C=O) groups excluding carboxylic acids is 1. The highest BCUT2D eigenvalue weighted by atomic mass is 16.5. The highest BCUT2D eigenvalue weighted by molar-refractivity contribution is 5.83. The smallest absolute Gasteiger partial charge is 0.244 e. The van der Waals surface area contributed by atoms with Gasteiger partial charge in [0, 0.05) is 45.5 Å². The van der Waals surface area contributed by atoms with Crippen molar-refractivity contribution in [3.63, 3.8) is 0 Å². The average Bonchev–Trinajstić information content (AvgIpc) is 2.76. The SMILES string of the molecule is O=C([C@@H](c1ccccc1)N1CCN(c2ccccn2)CC1)N1CCOCC1. The van der Waals surface area contributed by atoms with E-state index in [-0.39, 0.29) is 11.9 Å². The van der Waals surface area contributed by atoms with Crippen LogP contribution in [0.25, 0.3) is 0 Å². The summed E-state index contributed by atoms with van der Waals surface area (Å²) >= 11 is 0.